The Labute approximate surface area is 279 Å². The number of rotatable bonds is 9. The van der Waals surface area contributed by atoms with Gasteiger partial charge in [0.15, 0.2) is 29.6 Å². The maximum Gasteiger partial charge on any atom is 0.261 e. The molecular weight excluding hydrogens is 673 g/mol. The number of tetrazole rings is 1. The van der Waals surface area contributed by atoms with Crippen molar-refractivity contribution in [1.29, 1.82) is 0 Å². The third kappa shape index (κ3) is 6.98. The molecule has 2 heterocycles. The molecule has 4 atom stereocenters. The fourth-order valence-corrected chi connectivity index (χ4v) is 6.27. The first-order chi connectivity index (χ1) is 23.5. The van der Waals surface area contributed by atoms with Crippen LogP contribution in [0.5, 0.6) is 5.75 Å². The van der Waals surface area contributed by atoms with Crippen molar-refractivity contribution in [2.45, 2.75) is 37.2 Å². The van der Waals surface area contributed by atoms with Crippen molar-refractivity contribution in [3.8, 4) is 11.4 Å². The summed E-state index contributed by atoms with van der Waals surface area (Å²) in [5, 5.41) is 33.7. The van der Waals surface area contributed by atoms with E-state index < -0.39 is 59.1 Å². The molecule has 0 aliphatic carbocycles. The van der Waals surface area contributed by atoms with Gasteiger partial charge in [0, 0.05) is 22.9 Å². The van der Waals surface area contributed by atoms with Gasteiger partial charge in [0.05, 0.1) is 24.5 Å². The third-order valence-electron chi connectivity index (χ3n) is 7.91. The topological polar surface area (TPSA) is 132 Å². The molecule has 10 nitrogen and oxygen atoms in total. The van der Waals surface area contributed by atoms with Crippen LogP contribution in [0.1, 0.15) is 46.4 Å². The van der Waals surface area contributed by atoms with Crippen molar-refractivity contribution in [3.05, 3.63) is 124 Å². The highest BCUT2D eigenvalue weighted by Gasteiger charge is 2.39. The van der Waals surface area contributed by atoms with E-state index in [-0.39, 0.29) is 24.0 Å². The normalized spacial score (nSPS) is 19.2. The summed E-state index contributed by atoms with van der Waals surface area (Å²) in [5.41, 5.74) is 1.08. The number of thioether (sulfide) groups is 1. The average molecular weight is 700 g/mol. The van der Waals surface area contributed by atoms with Crippen LogP contribution >= 0.6 is 11.8 Å². The number of nitrogens with zero attached hydrogens (tertiary/aromatic N) is 4. The summed E-state index contributed by atoms with van der Waals surface area (Å²) in [6.45, 7) is 1.84. The van der Waals surface area contributed by atoms with Gasteiger partial charge in [0.25, 0.3) is 5.91 Å². The number of hydrogen-bond donors (Lipinski definition) is 3. The second-order valence-electron chi connectivity index (χ2n) is 11.0. The lowest BCUT2D eigenvalue weighted by atomic mass is 9.91. The zero-order valence-corrected chi connectivity index (χ0v) is 26.2. The number of amides is 1. The van der Waals surface area contributed by atoms with E-state index >= 15 is 0 Å². The minimum absolute atomic E-state index is 0.00573. The number of phenols is 1. The quantitative estimate of drug-likeness (QED) is 0.0693. The molecule has 0 radical (unpaired) electrons. The molecule has 1 aliphatic rings. The molecule has 1 aromatic heterocycles. The van der Waals surface area contributed by atoms with Crippen LogP contribution in [0.15, 0.2) is 78.0 Å². The minimum Gasteiger partial charge on any atom is -0.508 e. The van der Waals surface area contributed by atoms with Crippen LogP contribution in [0.25, 0.3) is 5.69 Å². The number of halogens is 5. The molecule has 1 fully saturated rings. The number of hydrogen-bond acceptors (Lipinski definition) is 9. The number of ether oxygens (including phenoxy) is 2. The van der Waals surface area contributed by atoms with Crippen LogP contribution in [0.4, 0.5) is 27.6 Å². The summed E-state index contributed by atoms with van der Waals surface area (Å²) in [6.07, 6.45) is -1.83. The molecule has 1 aliphatic heterocycles. The summed E-state index contributed by atoms with van der Waals surface area (Å²) in [7, 11) is 0. The maximum absolute atomic E-state index is 14.2. The molecule has 6 rings (SSSR count). The van der Waals surface area contributed by atoms with Crippen LogP contribution in [-0.2, 0) is 16.1 Å². The van der Waals surface area contributed by atoms with Crippen LogP contribution in [0.2, 0.25) is 0 Å². The number of aromatic hydroxyl groups is 1. The fraction of sp³-hybridized carbons (Fsp3) is 0.212. The van der Waals surface area contributed by atoms with E-state index in [0.717, 1.165) is 11.1 Å². The highest BCUT2D eigenvalue weighted by molar-refractivity contribution is 7.99. The van der Waals surface area contributed by atoms with Crippen molar-refractivity contribution in [2.75, 3.05) is 11.1 Å². The van der Waals surface area contributed by atoms with Gasteiger partial charge in [-0.15, -0.1) is 5.10 Å². The van der Waals surface area contributed by atoms with Gasteiger partial charge in [-0.05, 0) is 58.0 Å². The standard InChI is InChI=1S/C33H26F5N5O5S/c1-16-23(15-49-33-40-41-42-43(33)21-10-12-22(45)13-11-21)47-32(48-30(16)18-4-2-17(14-44)3-5-18)19-6-8-20(9-7-19)39-31(46)24-25(34)27(36)29(38)28(37)26(24)35/h2-13,16,23,30,32,44-45H,14-15H2,1H3,(H,39,46)/t16-,23+,30+,32+/m0/s1. The number of aliphatic hydroxyl groups excluding tert-OH is 1. The van der Waals surface area contributed by atoms with E-state index in [1.807, 2.05) is 19.1 Å². The minimum atomic E-state index is -2.37. The number of carbonyl (C=O) groups is 1. The molecule has 3 N–H and O–H groups in total. The number of phenolic OH excluding ortho intramolecular Hbond substituents is 1. The Hall–Kier alpha value is -4.90. The number of nitrogens with one attached hydrogen (secondary N) is 1. The van der Waals surface area contributed by atoms with Gasteiger partial charge < -0.3 is 25.0 Å². The number of carbonyl (C=O) groups excluding carboxylic acids is 1. The van der Waals surface area contributed by atoms with Gasteiger partial charge in [-0.2, -0.15) is 4.68 Å². The molecule has 0 unspecified atom stereocenters. The molecule has 0 saturated carbocycles. The molecule has 1 amide bonds. The van der Waals surface area contributed by atoms with E-state index in [0.29, 0.717) is 22.2 Å². The number of aromatic nitrogens is 4. The molecule has 0 spiro atoms. The van der Waals surface area contributed by atoms with E-state index in [9.17, 15) is 37.0 Å². The lowest BCUT2D eigenvalue weighted by molar-refractivity contribution is -0.268. The first-order valence-corrected chi connectivity index (χ1v) is 15.7. The summed E-state index contributed by atoms with van der Waals surface area (Å²) in [4.78, 5) is 12.5. The summed E-state index contributed by atoms with van der Waals surface area (Å²) in [5.74, 6) is -12.6. The molecule has 4 aromatic carbocycles. The fourth-order valence-electron chi connectivity index (χ4n) is 5.21. The molecule has 16 heteroatoms. The Balaban J connectivity index is 1.23. The second kappa shape index (κ2) is 14.3. The Morgan fingerprint density at radius 3 is 2.10 bits per heavy atom. The smallest absolute Gasteiger partial charge is 0.261 e. The van der Waals surface area contributed by atoms with Gasteiger partial charge in [-0.25, -0.2) is 22.0 Å². The largest absolute Gasteiger partial charge is 0.508 e. The van der Waals surface area contributed by atoms with E-state index in [4.69, 9.17) is 9.47 Å². The zero-order valence-electron chi connectivity index (χ0n) is 25.4. The predicted octanol–water partition coefficient (Wildman–Crippen LogP) is 6.39. The number of anilines is 1. The molecular formula is C33H26F5N5O5S. The Morgan fingerprint density at radius 2 is 1.47 bits per heavy atom. The maximum atomic E-state index is 14.2. The Bertz CT molecular complexity index is 1940. The molecule has 0 bridgehead atoms. The lowest BCUT2D eigenvalue weighted by Gasteiger charge is -2.41. The lowest BCUT2D eigenvalue weighted by Crippen LogP contribution is -2.38. The summed E-state index contributed by atoms with van der Waals surface area (Å²) in [6, 6.07) is 19.4. The van der Waals surface area contributed by atoms with Gasteiger partial charge in [-0.3, -0.25) is 4.79 Å². The number of aliphatic hydroxyl groups is 1. The van der Waals surface area contributed by atoms with E-state index in [1.165, 1.54) is 52.8 Å². The van der Waals surface area contributed by atoms with Gasteiger partial charge in [0.1, 0.15) is 11.3 Å². The van der Waals surface area contributed by atoms with E-state index in [2.05, 4.69) is 20.8 Å². The highest BCUT2D eigenvalue weighted by Crippen LogP contribution is 2.43. The highest BCUT2D eigenvalue weighted by atomic mass is 32.2. The van der Waals surface area contributed by atoms with Crippen LogP contribution in [-0.4, -0.2) is 48.2 Å². The van der Waals surface area contributed by atoms with E-state index in [1.54, 1.807) is 24.3 Å². The van der Waals surface area contributed by atoms with Gasteiger partial charge in [-0.1, -0.05) is 55.1 Å². The predicted molar refractivity (Wildman–Crippen MR) is 165 cm³/mol. The summed E-state index contributed by atoms with van der Waals surface area (Å²) >= 11 is 1.34. The SMILES string of the molecule is C[C@H]1[C@@H](CSc2nnnn2-c2ccc(O)cc2)O[C@@H](c2ccc(NC(=O)c3c(F)c(F)c(F)c(F)c3F)cc2)O[C@H]1c1ccc(CO)cc1. The Kier molecular flexibility index (Phi) is 9.91. The molecule has 5 aromatic rings. The number of benzene rings is 4. The molecule has 49 heavy (non-hydrogen) atoms. The first-order valence-electron chi connectivity index (χ1n) is 14.7. The van der Waals surface area contributed by atoms with Crippen LogP contribution in [0.3, 0.4) is 0 Å². The van der Waals surface area contributed by atoms with Crippen molar-refractivity contribution < 1.29 is 46.4 Å². The van der Waals surface area contributed by atoms with Crippen LogP contribution < -0.4 is 5.32 Å². The van der Waals surface area contributed by atoms with Crippen molar-refractivity contribution in [1.82, 2.24) is 20.2 Å². The zero-order chi connectivity index (χ0) is 34.8. The molecule has 254 valence electrons. The second-order valence-corrected chi connectivity index (χ2v) is 12.0. The first kappa shape index (κ1) is 34.0. The van der Waals surface area contributed by atoms with Gasteiger partial charge >= 0.3 is 0 Å². The average Bonchev–Trinajstić information content (AvgIpc) is 3.59. The van der Waals surface area contributed by atoms with Crippen LogP contribution in [0, 0.1) is 35.0 Å². The van der Waals surface area contributed by atoms with Crippen molar-refractivity contribution >= 4 is 23.4 Å². The molecule has 1 saturated heterocycles. The Morgan fingerprint density at radius 1 is 0.857 bits per heavy atom. The van der Waals surface area contributed by atoms with Crippen molar-refractivity contribution in [2.24, 2.45) is 5.92 Å². The van der Waals surface area contributed by atoms with Gasteiger partial charge in [0.2, 0.25) is 11.0 Å². The van der Waals surface area contributed by atoms with Crippen molar-refractivity contribution in [3.63, 3.8) is 0 Å². The summed E-state index contributed by atoms with van der Waals surface area (Å²) < 4.78 is 83.4. The third-order valence-corrected chi connectivity index (χ3v) is 8.92. The monoisotopic (exact) mass is 699 g/mol.